The van der Waals surface area contributed by atoms with Gasteiger partial charge in [0.25, 0.3) is 0 Å². The van der Waals surface area contributed by atoms with E-state index in [1.54, 1.807) is 0 Å². The van der Waals surface area contributed by atoms with Gasteiger partial charge in [0, 0.05) is 13.1 Å². The fourth-order valence-corrected chi connectivity index (χ4v) is 1.24. The molecule has 0 bridgehead atoms. The maximum Gasteiger partial charge on any atom is 0.335 e. The molecule has 4 nitrogen and oxygen atoms in total. The molecule has 1 heterocycles. The van der Waals surface area contributed by atoms with E-state index in [0.29, 0.717) is 13.1 Å². The van der Waals surface area contributed by atoms with Gasteiger partial charge in [-0.15, -0.1) is 0 Å². The Balaban J connectivity index is 2.60. The zero-order valence-corrected chi connectivity index (χ0v) is 5.06. The van der Waals surface area contributed by atoms with Crippen molar-refractivity contribution in [1.82, 2.24) is 4.31 Å². The molecular formula is C3H7NO3S. The van der Waals surface area contributed by atoms with Crippen LogP contribution in [0.3, 0.4) is 0 Å². The van der Waals surface area contributed by atoms with E-state index in [4.69, 9.17) is 4.55 Å². The molecule has 1 N–H and O–H groups in total. The van der Waals surface area contributed by atoms with E-state index in [9.17, 15) is 8.42 Å². The molecule has 0 amide bonds. The van der Waals surface area contributed by atoms with Crippen LogP contribution in [0.1, 0.15) is 6.42 Å². The summed E-state index contributed by atoms with van der Waals surface area (Å²) in [5.41, 5.74) is 0. The van der Waals surface area contributed by atoms with E-state index in [0.717, 1.165) is 10.7 Å². The van der Waals surface area contributed by atoms with Gasteiger partial charge in [-0.1, -0.05) is 0 Å². The average Bonchev–Trinajstić information content (AvgIpc) is 1.16. The summed E-state index contributed by atoms with van der Waals surface area (Å²) in [6.07, 6.45) is 0.861. The van der Waals surface area contributed by atoms with Gasteiger partial charge < -0.3 is 0 Å². The van der Waals surface area contributed by atoms with Gasteiger partial charge >= 0.3 is 10.3 Å². The van der Waals surface area contributed by atoms with Gasteiger partial charge in [0.1, 0.15) is 0 Å². The van der Waals surface area contributed by atoms with Gasteiger partial charge in [0.15, 0.2) is 0 Å². The van der Waals surface area contributed by atoms with Crippen molar-refractivity contribution in [1.29, 1.82) is 0 Å². The highest BCUT2D eigenvalue weighted by Crippen LogP contribution is 2.08. The van der Waals surface area contributed by atoms with Crippen molar-refractivity contribution >= 4 is 10.3 Å². The Hall–Kier alpha value is -0.130. The number of rotatable bonds is 1. The minimum absolute atomic E-state index is 0.471. The van der Waals surface area contributed by atoms with Crippen LogP contribution in [-0.2, 0) is 10.3 Å². The second kappa shape index (κ2) is 1.68. The zero-order valence-electron chi connectivity index (χ0n) is 4.24. The first kappa shape index (κ1) is 6.00. The molecule has 5 heteroatoms. The van der Waals surface area contributed by atoms with Gasteiger partial charge in [0.2, 0.25) is 0 Å². The number of nitrogens with zero attached hydrogens (tertiary/aromatic N) is 1. The van der Waals surface area contributed by atoms with Crippen LogP contribution >= 0.6 is 0 Å². The van der Waals surface area contributed by atoms with Gasteiger partial charge in [0.05, 0.1) is 0 Å². The average molecular weight is 137 g/mol. The third kappa shape index (κ3) is 0.988. The second-order valence-electron chi connectivity index (χ2n) is 1.73. The summed E-state index contributed by atoms with van der Waals surface area (Å²) in [7, 11) is -3.83. The summed E-state index contributed by atoms with van der Waals surface area (Å²) in [4.78, 5) is 0. The minimum Gasteiger partial charge on any atom is -0.273 e. The summed E-state index contributed by atoms with van der Waals surface area (Å²) < 4.78 is 29.4. The van der Waals surface area contributed by atoms with Crippen LogP contribution in [0.15, 0.2) is 0 Å². The molecule has 0 unspecified atom stereocenters. The molecular weight excluding hydrogens is 130 g/mol. The molecule has 48 valence electrons. The van der Waals surface area contributed by atoms with Gasteiger partial charge in [-0.2, -0.15) is 12.7 Å². The highest BCUT2D eigenvalue weighted by atomic mass is 32.2. The highest BCUT2D eigenvalue weighted by molar-refractivity contribution is 7.83. The predicted octanol–water partition coefficient (Wildman–Crippen LogP) is -0.505. The molecule has 1 rings (SSSR count). The van der Waals surface area contributed by atoms with Crippen LogP contribution < -0.4 is 0 Å². The summed E-state index contributed by atoms with van der Waals surface area (Å²) in [5.74, 6) is 0. The van der Waals surface area contributed by atoms with Crippen molar-refractivity contribution in [3.05, 3.63) is 0 Å². The first-order chi connectivity index (χ1) is 3.61. The maximum atomic E-state index is 10.1. The SMILES string of the molecule is O=S(=O)(O)N1CCC1. The second-order valence-corrected chi connectivity index (χ2v) is 3.14. The van der Waals surface area contributed by atoms with Crippen LogP contribution in [0.5, 0.6) is 0 Å². The van der Waals surface area contributed by atoms with E-state index < -0.39 is 10.3 Å². The Bertz CT molecular complexity index is 169. The summed E-state index contributed by atoms with van der Waals surface area (Å²) >= 11 is 0. The van der Waals surface area contributed by atoms with Crippen molar-refractivity contribution in [2.24, 2.45) is 0 Å². The fraction of sp³-hybridized carbons (Fsp3) is 1.00. The molecule has 0 aromatic heterocycles. The zero-order chi connectivity index (χ0) is 6.20. The summed E-state index contributed by atoms with van der Waals surface area (Å²) in [6, 6.07) is 0. The first-order valence-corrected chi connectivity index (χ1v) is 3.73. The Morgan fingerprint density at radius 1 is 1.38 bits per heavy atom. The molecule has 0 spiro atoms. The molecule has 1 aliphatic rings. The molecule has 1 aliphatic heterocycles. The van der Waals surface area contributed by atoms with E-state index in [1.165, 1.54) is 0 Å². The monoisotopic (exact) mass is 137 g/mol. The molecule has 0 atom stereocenters. The van der Waals surface area contributed by atoms with Gasteiger partial charge in [-0.25, -0.2) is 0 Å². The Morgan fingerprint density at radius 3 is 1.88 bits per heavy atom. The lowest BCUT2D eigenvalue weighted by atomic mass is 10.3. The molecule has 1 fully saturated rings. The largest absolute Gasteiger partial charge is 0.335 e. The quantitative estimate of drug-likeness (QED) is 0.495. The minimum atomic E-state index is -3.83. The van der Waals surface area contributed by atoms with Crippen molar-refractivity contribution in [3.63, 3.8) is 0 Å². The number of hydrogen-bond donors (Lipinski definition) is 1. The van der Waals surface area contributed by atoms with E-state index in [-0.39, 0.29) is 0 Å². The topological polar surface area (TPSA) is 57.6 Å². The molecule has 0 aromatic rings. The van der Waals surface area contributed by atoms with Crippen molar-refractivity contribution in [2.45, 2.75) is 6.42 Å². The lowest BCUT2D eigenvalue weighted by Gasteiger charge is -2.25. The van der Waals surface area contributed by atoms with E-state index >= 15 is 0 Å². The lowest BCUT2D eigenvalue weighted by Crippen LogP contribution is -2.41. The number of hydrogen-bond acceptors (Lipinski definition) is 2. The Labute approximate surface area is 48.0 Å². The normalized spacial score (nSPS) is 22.6. The maximum absolute atomic E-state index is 10.1. The van der Waals surface area contributed by atoms with Crippen LogP contribution in [0.2, 0.25) is 0 Å². The van der Waals surface area contributed by atoms with Crippen LogP contribution in [0.25, 0.3) is 0 Å². The smallest absolute Gasteiger partial charge is 0.273 e. The molecule has 0 saturated carbocycles. The molecule has 8 heavy (non-hydrogen) atoms. The summed E-state index contributed by atoms with van der Waals surface area (Å²) in [5, 5.41) is 0. The van der Waals surface area contributed by atoms with Crippen LogP contribution in [0, 0.1) is 0 Å². The predicted molar refractivity (Wildman–Crippen MR) is 27.7 cm³/mol. The molecule has 1 saturated heterocycles. The van der Waals surface area contributed by atoms with Crippen LogP contribution in [-0.4, -0.2) is 30.4 Å². The Kier molecular flexibility index (Phi) is 1.26. The fourth-order valence-electron chi connectivity index (χ4n) is 0.518. The molecule has 0 aromatic carbocycles. The third-order valence-electron chi connectivity index (χ3n) is 1.14. The highest BCUT2D eigenvalue weighted by Gasteiger charge is 2.24. The summed E-state index contributed by atoms with van der Waals surface area (Å²) in [6.45, 7) is 0.942. The van der Waals surface area contributed by atoms with Crippen LogP contribution in [0.4, 0.5) is 0 Å². The molecule has 0 radical (unpaired) electrons. The Morgan fingerprint density at radius 2 is 1.88 bits per heavy atom. The third-order valence-corrected chi connectivity index (χ3v) is 2.16. The van der Waals surface area contributed by atoms with Crippen molar-refractivity contribution in [3.8, 4) is 0 Å². The van der Waals surface area contributed by atoms with Gasteiger partial charge in [-0.05, 0) is 6.42 Å². The molecule has 0 aliphatic carbocycles. The first-order valence-electron chi connectivity index (χ1n) is 2.33. The van der Waals surface area contributed by atoms with Gasteiger partial charge in [-0.3, -0.25) is 4.55 Å². The van der Waals surface area contributed by atoms with Crippen molar-refractivity contribution in [2.75, 3.05) is 13.1 Å². The standard InChI is InChI=1S/C3H7NO3S/c5-8(6,7)4-2-1-3-4/h1-3H2,(H,5,6,7). The van der Waals surface area contributed by atoms with E-state index in [1.807, 2.05) is 0 Å². The van der Waals surface area contributed by atoms with E-state index in [2.05, 4.69) is 0 Å². The lowest BCUT2D eigenvalue weighted by molar-refractivity contribution is 0.274. The van der Waals surface area contributed by atoms with Crippen molar-refractivity contribution < 1.29 is 13.0 Å².